The van der Waals surface area contributed by atoms with Gasteiger partial charge in [-0.3, -0.25) is 4.99 Å². The summed E-state index contributed by atoms with van der Waals surface area (Å²) in [5, 5.41) is 5.38. The quantitative estimate of drug-likeness (QED) is 0.807. The summed E-state index contributed by atoms with van der Waals surface area (Å²) in [6.07, 6.45) is 4.50. The van der Waals surface area contributed by atoms with Crippen LogP contribution in [0.25, 0.3) is 0 Å². The van der Waals surface area contributed by atoms with E-state index in [0.717, 1.165) is 22.7 Å². The normalized spacial score (nSPS) is 30.5. The van der Waals surface area contributed by atoms with Gasteiger partial charge < -0.3 is 5.32 Å². The number of thioether (sulfide) groups is 2. The van der Waals surface area contributed by atoms with Crippen molar-refractivity contribution in [1.29, 1.82) is 0 Å². The van der Waals surface area contributed by atoms with Crippen LogP contribution in [0.3, 0.4) is 0 Å². The second kappa shape index (κ2) is 6.04. The van der Waals surface area contributed by atoms with Gasteiger partial charge in [0, 0.05) is 23.1 Å². The third-order valence-electron chi connectivity index (χ3n) is 2.91. The van der Waals surface area contributed by atoms with Crippen LogP contribution >= 0.6 is 23.5 Å². The van der Waals surface area contributed by atoms with Gasteiger partial charge in [-0.05, 0) is 26.0 Å². The molecule has 4 heteroatoms. The van der Waals surface area contributed by atoms with Gasteiger partial charge in [0.15, 0.2) is 5.17 Å². The Hall–Kier alpha value is 0.170. The van der Waals surface area contributed by atoms with Crippen LogP contribution in [0.5, 0.6) is 0 Å². The van der Waals surface area contributed by atoms with E-state index in [0.29, 0.717) is 0 Å². The largest absolute Gasteiger partial charge is 0.359 e. The minimum atomic E-state index is 0.272. The van der Waals surface area contributed by atoms with E-state index in [1.807, 2.05) is 23.5 Å². The number of hydrogen-bond donors (Lipinski definition) is 1. The monoisotopic (exact) mass is 246 g/mol. The van der Waals surface area contributed by atoms with Crippen molar-refractivity contribution < 1.29 is 0 Å². The molecule has 1 N–H and O–H groups in total. The summed E-state index contributed by atoms with van der Waals surface area (Å²) < 4.78 is 0. The first-order chi connectivity index (χ1) is 7.09. The van der Waals surface area contributed by atoms with Crippen LogP contribution in [0.2, 0.25) is 0 Å². The summed E-state index contributed by atoms with van der Waals surface area (Å²) >= 11 is 3.78. The van der Waals surface area contributed by atoms with Gasteiger partial charge in [-0.2, -0.15) is 11.8 Å². The summed E-state index contributed by atoms with van der Waals surface area (Å²) in [5.74, 6) is 1.15. The second-order valence-electron chi connectivity index (χ2n) is 4.35. The third kappa shape index (κ3) is 4.27. The Morgan fingerprint density at radius 3 is 2.93 bits per heavy atom. The first-order valence-electron chi connectivity index (χ1n) is 5.58. The molecular weight excluding hydrogens is 224 g/mol. The second-order valence-corrected chi connectivity index (χ2v) is 6.59. The van der Waals surface area contributed by atoms with Crippen molar-refractivity contribution in [1.82, 2.24) is 5.32 Å². The molecule has 0 amide bonds. The average Bonchev–Trinajstić information content (AvgIpc) is 2.61. The Labute approximate surface area is 102 Å². The fourth-order valence-electron chi connectivity index (χ4n) is 1.30. The Kier molecular flexibility index (Phi) is 5.33. The molecule has 0 spiro atoms. The molecule has 0 aromatic heterocycles. The smallest absolute Gasteiger partial charge is 0.157 e. The lowest BCUT2D eigenvalue weighted by Gasteiger charge is -2.20. The minimum Gasteiger partial charge on any atom is -0.359 e. The van der Waals surface area contributed by atoms with Gasteiger partial charge in [-0.25, -0.2) is 0 Å². The van der Waals surface area contributed by atoms with Crippen LogP contribution in [0.4, 0.5) is 0 Å². The Morgan fingerprint density at radius 1 is 1.67 bits per heavy atom. The Morgan fingerprint density at radius 2 is 2.40 bits per heavy atom. The van der Waals surface area contributed by atoms with Crippen LogP contribution in [0.15, 0.2) is 4.99 Å². The van der Waals surface area contributed by atoms with E-state index in [1.54, 1.807) is 0 Å². The van der Waals surface area contributed by atoms with Crippen LogP contribution < -0.4 is 5.32 Å². The number of rotatable bonds is 5. The van der Waals surface area contributed by atoms with Gasteiger partial charge in [0.25, 0.3) is 0 Å². The maximum Gasteiger partial charge on any atom is 0.157 e. The van der Waals surface area contributed by atoms with Crippen LogP contribution in [0.1, 0.15) is 33.6 Å². The summed E-state index contributed by atoms with van der Waals surface area (Å²) in [6.45, 7) is 7.71. The molecule has 1 aliphatic heterocycles. The fourth-order valence-corrected chi connectivity index (χ4v) is 2.87. The Bertz CT molecular complexity index is 231. The lowest BCUT2D eigenvalue weighted by molar-refractivity contribution is 0.466. The molecule has 0 aromatic carbocycles. The summed E-state index contributed by atoms with van der Waals surface area (Å²) in [7, 11) is 0. The molecule has 1 aliphatic rings. The van der Waals surface area contributed by atoms with E-state index in [2.05, 4.69) is 37.3 Å². The molecule has 1 heterocycles. The lowest BCUT2D eigenvalue weighted by atomic mass is 10.0. The highest BCUT2D eigenvalue weighted by Gasteiger charge is 2.30. The van der Waals surface area contributed by atoms with Crippen molar-refractivity contribution in [3.05, 3.63) is 0 Å². The SMILES string of the molecule is CCC1(C)CSC(=NCCC(C)SC)N1. The van der Waals surface area contributed by atoms with Crippen molar-refractivity contribution >= 4 is 28.7 Å². The maximum absolute atomic E-state index is 4.61. The molecule has 2 nitrogen and oxygen atoms in total. The van der Waals surface area contributed by atoms with Crippen LogP contribution in [-0.4, -0.2) is 34.5 Å². The predicted octanol–water partition coefficient (Wildman–Crippen LogP) is 2.99. The van der Waals surface area contributed by atoms with Crippen molar-refractivity contribution in [3.63, 3.8) is 0 Å². The van der Waals surface area contributed by atoms with Gasteiger partial charge in [0.1, 0.15) is 0 Å². The Balaban J connectivity index is 2.31. The number of nitrogens with zero attached hydrogens (tertiary/aromatic N) is 1. The predicted molar refractivity (Wildman–Crippen MR) is 74.2 cm³/mol. The molecule has 88 valence electrons. The van der Waals surface area contributed by atoms with Crippen molar-refractivity contribution in [2.75, 3.05) is 18.6 Å². The van der Waals surface area contributed by atoms with Gasteiger partial charge in [0.2, 0.25) is 0 Å². The minimum absolute atomic E-state index is 0.272. The molecule has 0 aromatic rings. The molecule has 0 aliphatic carbocycles. The molecule has 2 unspecified atom stereocenters. The zero-order chi connectivity index (χ0) is 11.3. The maximum atomic E-state index is 4.61. The van der Waals surface area contributed by atoms with Crippen molar-refractivity contribution in [2.45, 2.75) is 44.4 Å². The molecule has 0 bridgehead atoms. The molecule has 0 radical (unpaired) electrons. The highest BCUT2D eigenvalue weighted by Crippen LogP contribution is 2.25. The number of amidine groups is 1. The van der Waals surface area contributed by atoms with E-state index in [1.165, 1.54) is 12.8 Å². The number of aliphatic imine (C=N–C) groups is 1. The first-order valence-corrected chi connectivity index (χ1v) is 7.85. The van der Waals surface area contributed by atoms with Crippen LogP contribution in [-0.2, 0) is 0 Å². The topological polar surface area (TPSA) is 24.4 Å². The zero-order valence-electron chi connectivity index (χ0n) is 10.2. The summed E-state index contributed by atoms with van der Waals surface area (Å²) in [4.78, 5) is 4.61. The van der Waals surface area contributed by atoms with E-state index < -0.39 is 0 Å². The zero-order valence-corrected chi connectivity index (χ0v) is 11.8. The van der Waals surface area contributed by atoms with E-state index in [-0.39, 0.29) is 5.54 Å². The molecule has 1 fully saturated rings. The molecule has 1 saturated heterocycles. The standard InChI is InChI=1S/C11H22N2S2/c1-5-11(3)8-15-10(13-11)12-7-6-9(2)14-4/h9H,5-8H2,1-4H3,(H,12,13). The third-order valence-corrected chi connectivity index (χ3v) is 5.24. The van der Waals surface area contributed by atoms with Crippen molar-refractivity contribution in [2.24, 2.45) is 4.99 Å². The first kappa shape index (κ1) is 13.2. The summed E-state index contributed by atoms with van der Waals surface area (Å²) in [5.41, 5.74) is 0.272. The molecule has 2 atom stereocenters. The summed E-state index contributed by atoms with van der Waals surface area (Å²) in [6, 6.07) is 0. The average molecular weight is 246 g/mol. The van der Waals surface area contributed by atoms with Gasteiger partial charge in [-0.1, -0.05) is 25.6 Å². The fraction of sp³-hybridized carbons (Fsp3) is 0.909. The van der Waals surface area contributed by atoms with E-state index in [4.69, 9.17) is 0 Å². The van der Waals surface area contributed by atoms with Gasteiger partial charge in [0.05, 0.1) is 0 Å². The number of nitrogens with one attached hydrogen (secondary N) is 1. The van der Waals surface area contributed by atoms with Crippen molar-refractivity contribution in [3.8, 4) is 0 Å². The highest BCUT2D eigenvalue weighted by molar-refractivity contribution is 8.14. The number of hydrogen-bond acceptors (Lipinski definition) is 3. The van der Waals surface area contributed by atoms with Gasteiger partial charge in [-0.15, -0.1) is 0 Å². The lowest BCUT2D eigenvalue weighted by Crippen LogP contribution is -2.39. The highest BCUT2D eigenvalue weighted by atomic mass is 32.2. The molecule has 15 heavy (non-hydrogen) atoms. The van der Waals surface area contributed by atoms with E-state index in [9.17, 15) is 0 Å². The van der Waals surface area contributed by atoms with Crippen LogP contribution in [0, 0.1) is 0 Å². The van der Waals surface area contributed by atoms with Gasteiger partial charge >= 0.3 is 0 Å². The molecular formula is C11H22N2S2. The molecule has 0 saturated carbocycles. The molecule has 1 rings (SSSR count). The van der Waals surface area contributed by atoms with E-state index >= 15 is 0 Å².